The van der Waals surface area contributed by atoms with Crippen molar-refractivity contribution in [2.75, 3.05) is 25.6 Å². The third kappa shape index (κ3) is 4.57. The fraction of sp³-hybridized carbons (Fsp3) is 0.238. The number of methoxy groups -OCH3 is 1. The number of rotatable bonds is 8. The van der Waals surface area contributed by atoms with Crippen molar-refractivity contribution in [2.45, 2.75) is 12.8 Å². The zero-order valence-electron chi connectivity index (χ0n) is 16.6. The zero-order chi connectivity index (χ0) is 21.8. The predicted molar refractivity (Wildman–Crippen MR) is 118 cm³/mol. The highest BCUT2D eigenvalue weighted by Gasteiger charge is 2.17. The highest BCUT2D eigenvalue weighted by molar-refractivity contribution is 7.22. The number of thiazole rings is 1. The highest BCUT2D eigenvalue weighted by atomic mass is 32.1. The van der Waals surface area contributed by atoms with E-state index in [4.69, 9.17) is 16.1 Å². The summed E-state index contributed by atoms with van der Waals surface area (Å²) in [6.07, 6.45) is 0.946. The first-order valence-electron chi connectivity index (χ1n) is 9.21. The molecule has 3 aromatic rings. The van der Waals surface area contributed by atoms with Crippen LogP contribution in [0.4, 0.5) is 5.13 Å². The molecule has 0 aliphatic rings. The van der Waals surface area contributed by atoms with Crippen LogP contribution in [0.1, 0.15) is 28.8 Å². The molecule has 0 aliphatic heterocycles. The summed E-state index contributed by atoms with van der Waals surface area (Å²) >= 11 is 1.40. The van der Waals surface area contributed by atoms with E-state index in [1.54, 1.807) is 36.4 Å². The molecule has 1 aromatic heterocycles. The summed E-state index contributed by atoms with van der Waals surface area (Å²) in [6.45, 7) is 0.614. The Morgan fingerprint density at radius 2 is 1.93 bits per heavy atom. The van der Waals surface area contributed by atoms with E-state index in [1.165, 1.54) is 18.4 Å². The quantitative estimate of drug-likeness (QED) is 0.286. The zero-order valence-corrected chi connectivity index (χ0v) is 17.5. The molecule has 0 atom stereocenters. The SMILES string of the molecule is COC(=O)CCCN(C)c1nc2c(-c3ccc(C(=N)N)cc3)cc(C(=O)O)cc2s1. The van der Waals surface area contributed by atoms with Crippen LogP contribution >= 0.6 is 11.3 Å². The average Bonchev–Trinajstić information content (AvgIpc) is 3.17. The van der Waals surface area contributed by atoms with E-state index in [2.05, 4.69) is 4.74 Å². The van der Waals surface area contributed by atoms with Gasteiger partial charge < -0.3 is 20.5 Å². The van der Waals surface area contributed by atoms with Gasteiger partial charge in [0.2, 0.25) is 0 Å². The molecule has 0 unspecified atom stereocenters. The first-order chi connectivity index (χ1) is 14.3. The maximum absolute atomic E-state index is 11.6. The van der Waals surface area contributed by atoms with Gasteiger partial charge in [-0.25, -0.2) is 9.78 Å². The number of benzene rings is 2. The van der Waals surface area contributed by atoms with Gasteiger partial charge in [0.25, 0.3) is 0 Å². The van der Waals surface area contributed by atoms with Gasteiger partial charge in [-0.3, -0.25) is 10.2 Å². The van der Waals surface area contributed by atoms with E-state index in [0.29, 0.717) is 36.0 Å². The van der Waals surface area contributed by atoms with Crippen LogP contribution in [0.5, 0.6) is 0 Å². The second-order valence-electron chi connectivity index (χ2n) is 6.76. The lowest BCUT2D eigenvalue weighted by Gasteiger charge is -2.14. The maximum Gasteiger partial charge on any atom is 0.335 e. The first-order valence-corrected chi connectivity index (χ1v) is 10.0. The van der Waals surface area contributed by atoms with Crippen molar-refractivity contribution in [1.29, 1.82) is 5.41 Å². The van der Waals surface area contributed by atoms with Crippen molar-refractivity contribution in [3.05, 3.63) is 47.5 Å². The molecule has 0 bridgehead atoms. The lowest BCUT2D eigenvalue weighted by molar-refractivity contribution is -0.140. The Hall–Kier alpha value is -3.46. The number of hydrogen-bond acceptors (Lipinski definition) is 7. The third-order valence-electron chi connectivity index (χ3n) is 4.67. The highest BCUT2D eigenvalue weighted by Crippen LogP contribution is 2.36. The largest absolute Gasteiger partial charge is 0.478 e. The van der Waals surface area contributed by atoms with Gasteiger partial charge in [0, 0.05) is 31.1 Å². The Labute approximate surface area is 177 Å². The van der Waals surface area contributed by atoms with E-state index >= 15 is 0 Å². The molecule has 9 heteroatoms. The minimum atomic E-state index is -1.01. The van der Waals surface area contributed by atoms with Crippen molar-refractivity contribution in [3.8, 4) is 11.1 Å². The number of hydrogen-bond donors (Lipinski definition) is 3. The summed E-state index contributed by atoms with van der Waals surface area (Å²) in [5.74, 6) is -1.30. The molecule has 0 spiro atoms. The van der Waals surface area contributed by atoms with Gasteiger partial charge in [0.1, 0.15) is 5.84 Å². The van der Waals surface area contributed by atoms with Crippen molar-refractivity contribution in [3.63, 3.8) is 0 Å². The lowest BCUT2D eigenvalue weighted by Crippen LogP contribution is -2.19. The van der Waals surface area contributed by atoms with Crippen LogP contribution < -0.4 is 10.6 Å². The second-order valence-corrected chi connectivity index (χ2v) is 7.77. The monoisotopic (exact) mass is 426 g/mol. The molecule has 3 rings (SSSR count). The summed E-state index contributed by atoms with van der Waals surface area (Å²) in [4.78, 5) is 29.6. The standard InChI is InChI=1S/C21H22N4O4S/c1-25(9-3-4-17(26)29-2)21-24-18-15(10-14(20(27)28)11-16(18)30-21)12-5-7-13(8-6-12)19(22)23/h5-8,10-11H,3-4,9H2,1-2H3,(H3,22,23)(H,27,28). The number of carbonyl (C=O) groups is 2. The molecule has 2 aromatic carbocycles. The average molecular weight is 426 g/mol. The van der Waals surface area contributed by atoms with E-state index in [9.17, 15) is 14.7 Å². The Morgan fingerprint density at radius 1 is 1.23 bits per heavy atom. The van der Waals surface area contributed by atoms with Gasteiger partial charge in [-0.1, -0.05) is 35.6 Å². The minimum Gasteiger partial charge on any atom is -0.478 e. The van der Waals surface area contributed by atoms with Crippen LogP contribution in [-0.4, -0.2) is 48.6 Å². The molecule has 0 amide bonds. The molecule has 0 fully saturated rings. The number of esters is 1. The molecular formula is C21H22N4O4S. The Bertz CT molecular complexity index is 1110. The van der Waals surface area contributed by atoms with Crippen LogP contribution in [0, 0.1) is 5.41 Å². The number of carboxylic acid groups (broad SMARTS) is 1. The fourth-order valence-corrected chi connectivity index (χ4v) is 4.03. The van der Waals surface area contributed by atoms with Crippen LogP contribution in [0.15, 0.2) is 36.4 Å². The summed E-state index contributed by atoms with van der Waals surface area (Å²) in [7, 11) is 3.25. The van der Waals surface area contributed by atoms with Crippen LogP contribution in [0.2, 0.25) is 0 Å². The van der Waals surface area contributed by atoms with Gasteiger partial charge in [-0.15, -0.1) is 0 Å². The number of amidine groups is 1. The number of nitrogens with zero attached hydrogens (tertiary/aromatic N) is 2. The Morgan fingerprint density at radius 3 is 2.53 bits per heavy atom. The first kappa shape index (κ1) is 21.3. The molecule has 0 saturated heterocycles. The molecule has 4 N–H and O–H groups in total. The van der Waals surface area contributed by atoms with E-state index in [-0.39, 0.29) is 17.4 Å². The van der Waals surface area contributed by atoms with Crippen LogP contribution in [-0.2, 0) is 9.53 Å². The minimum absolute atomic E-state index is 0.0319. The summed E-state index contributed by atoms with van der Waals surface area (Å²) in [6, 6.07) is 10.3. The topological polar surface area (TPSA) is 130 Å². The Balaban J connectivity index is 1.98. The molecule has 0 saturated carbocycles. The van der Waals surface area contributed by atoms with Gasteiger partial charge in [0.15, 0.2) is 5.13 Å². The van der Waals surface area contributed by atoms with Crippen molar-refractivity contribution < 1.29 is 19.4 Å². The summed E-state index contributed by atoms with van der Waals surface area (Å²) in [5.41, 5.74) is 8.48. The molecule has 156 valence electrons. The number of fused-ring (bicyclic) bond motifs is 1. The van der Waals surface area contributed by atoms with Gasteiger partial charge >= 0.3 is 11.9 Å². The summed E-state index contributed by atoms with van der Waals surface area (Å²) < 4.78 is 5.42. The molecule has 0 radical (unpaired) electrons. The normalized spacial score (nSPS) is 10.7. The van der Waals surface area contributed by atoms with Crippen molar-refractivity contribution in [2.24, 2.45) is 5.73 Å². The lowest BCUT2D eigenvalue weighted by atomic mass is 10.0. The Kier molecular flexibility index (Phi) is 6.31. The number of nitrogens with one attached hydrogen (secondary N) is 1. The number of nitrogens with two attached hydrogens (primary N) is 1. The number of nitrogen functional groups attached to an aromatic ring is 1. The maximum atomic E-state index is 11.6. The van der Waals surface area contributed by atoms with E-state index < -0.39 is 5.97 Å². The number of carbonyl (C=O) groups excluding carboxylic acids is 1. The number of anilines is 1. The predicted octanol–water partition coefficient (Wildman–Crippen LogP) is 3.33. The van der Waals surface area contributed by atoms with Crippen molar-refractivity contribution >= 4 is 44.5 Å². The summed E-state index contributed by atoms with van der Waals surface area (Å²) in [5, 5.41) is 17.8. The van der Waals surface area contributed by atoms with Gasteiger partial charge in [-0.2, -0.15) is 0 Å². The van der Waals surface area contributed by atoms with Crippen molar-refractivity contribution in [1.82, 2.24) is 4.98 Å². The van der Waals surface area contributed by atoms with Crippen LogP contribution in [0.3, 0.4) is 0 Å². The number of carboxylic acids is 1. The van der Waals surface area contributed by atoms with Crippen LogP contribution in [0.25, 0.3) is 21.3 Å². The smallest absolute Gasteiger partial charge is 0.335 e. The molecular weight excluding hydrogens is 404 g/mol. The second kappa shape index (κ2) is 8.91. The molecule has 30 heavy (non-hydrogen) atoms. The van der Waals surface area contributed by atoms with E-state index in [0.717, 1.165) is 15.4 Å². The van der Waals surface area contributed by atoms with E-state index in [1.807, 2.05) is 11.9 Å². The number of aromatic nitrogens is 1. The molecule has 8 nitrogen and oxygen atoms in total. The third-order valence-corrected chi connectivity index (χ3v) is 5.78. The molecule has 1 heterocycles. The number of ether oxygens (including phenoxy) is 1. The fourth-order valence-electron chi connectivity index (χ4n) is 3.01. The number of aromatic carboxylic acids is 1. The molecule has 0 aliphatic carbocycles. The van der Waals surface area contributed by atoms with Gasteiger partial charge in [-0.05, 0) is 24.1 Å². The van der Waals surface area contributed by atoms with Gasteiger partial charge in [0.05, 0.1) is 22.9 Å².